The van der Waals surface area contributed by atoms with Crippen molar-refractivity contribution in [2.75, 3.05) is 0 Å². The van der Waals surface area contributed by atoms with Gasteiger partial charge >= 0.3 is 5.91 Å². The van der Waals surface area contributed by atoms with Crippen molar-refractivity contribution in [3.05, 3.63) is 58.5 Å². The number of azo groups is 1. The number of aromatic nitrogens is 2. The average molecular weight is 363 g/mol. The molecule has 1 aromatic carbocycles. The summed E-state index contributed by atoms with van der Waals surface area (Å²) in [5.41, 5.74) is 13.3. The Kier molecular flexibility index (Phi) is 4.43. The molecule has 8 nitrogen and oxygen atoms in total. The van der Waals surface area contributed by atoms with Gasteiger partial charge in [0, 0.05) is 17.4 Å². The van der Waals surface area contributed by atoms with Crippen LogP contribution in [0.15, 0.2) is 63.1 Å². The number of hydrogen-bond donors (Lipinski definition) is 3. The number of benzene rings is 1. The van der Waals surface area contributed by atoms with E-state index in [1.54, 1.807) is 30.3 Å². The summed E-state index contributed by atoms with van der Waals surface area (Å²) in [5, 5.41) is 11.3. The van der Waals surface area contributed by atoms with E-state index < -0.39 is 5.91 Å². The smallest absolute Gasteiger partial charge is 0.305 e. The van der Waals surface area contributed by atoms with Crippen molar-refractivity contribution in [1.82, 2.24) is 15.3 Å². The Hall–Kier alpha value is -2.55. The second-order valence-corrected chi connectivity index (χ2v) is 5.61. The Bertz CT molecular complexity index is 832. The summed E-state index contributed by atoms with van der Waals surface area (Å²) in [5.74, 6) is -1.38. The van der Waals surface area contributed by atoms with Crippen LogP contribution in [0.25, 0.3) is 5.57 Å². The number of hydrogen-bond acceptors (Lipinski definition) is 8. The van der Waals surface area contributed by atoms with Gasteiger partial charge in [-0.25, -0.2) is 15.0 Å². The highest BCUT2D eigenvalue weighted by molar-refractivity contribution is 6.40. The molecule has 5 N–H and O–H groups in total. The van der Waals surface area contributed by atoms with Crippen LogP contribution in [0.3, 0.4) is 0 Å². The number of nitrogens with one attached hydrogen (secondary N) is 1. The van der Waals surface area contributed by atoms with Gasteiger partial charge in [0.1, 0.15) is 11.0 Å². The fourth-order valence-corrected chi connectivity index (χ4v) is 2.48. The lowest BCUT2D eigenvalue weighted by Crippen LogP contribution is -2.52. The minimum Gasteiger partial charge on any atom is -0.383 e. The van der Waals surface area contributed by atoms with E-state index in [9.17, 15) is 0 Å². The van der Waals surface area contributed by atoms with E-state index in [4.69, 9.17) is 34.7 Å². The molecule has 2 aromatic rings. The van der Waals surface area contributed by atoms with Crippen LogP contribution in [-0.2, 0) is 0 Å². The molecule has 0 spiro atoms. The fourth-order valence-electron chi connectivity index (χ4n) is 2.01. The average Bonchev–Trinajstić information content (AvgIpc) is 2.55. The molecule has 122 valence electrons. The van der Waals surface area contributed by atoms with Gasteiger partial charge in [0.25, 0.3) is 5.95 Å². The van der Waals surface area contributed by atoms with E-state index in [0.717, 1.165) is 5.56 Å². The largest absolute Gasteiger partial charge is 0.383 e. The maximum absolute atomic E-state index is 6.28. The zero-order valence-corrected chi connectivity index (χ0v) is 13.7. The Morgan fingerprint density at radius 3 is 2.38 bits per heavy atom. The van der Waals surface area contributed by atoms with Crippen LogP contribution < -0.4 is 16.8 Å². The summed E-state index contributed by atoms with van der Waals surface area (Å²) >= 11 is 12.2. The molecule has 10 heteroatoms. The minimum atomic E-state index is -1.64. The molecule has 0 fully saturated rings. The van der Waals surface area contributed by atoms with Crippen molar-refractivity contribution in [1.29, 1.82) is 0 Å². The minimum absolute atomic E-state index is 0.122. The molecule has 1 aliphatic heterocycles. The van der Waals surface area contributed by atoms with Gasteiger partial charge in [0.15, 0.2) is 0 Å². The van der Waals surface area contributed by atoms with Gasteiger partial charge in [-0.2, -0.15) is 0 Å². The summed E-state index contributed by atoms with van der Waals surface area (Å²) in [6.45, 7) is 0. The lowest BCUT2D eigenvalue weighted by molar-refractivity contribution is 0.390. The number of aliphatic imine (C=N–C) groups is 1. The van der Waals surface area contributed by atoms with Gasteiger partial charge in [0.2, 0.25) is 0 Å². The Labute approximate surface area is 147 Å². The summed E-state index contributed by atoms with van der Waals surface area (Å²) in [7, 11) is 0. The third kappa shape index (κ3) is 3.51. The molecular weight excluding hydrogens is 351 g/mol. The molecule has 1 unspecified atom stereocenters. The SMILES string of the molecule is NC1=NC(N)(N=Nc2ncccn2)NC(Cl)=C1c1ccc(Cl)cc1. The molecular formula is C14H12Cl2N8. The van der Waals surface area contributed by atoms with Crippen molar-refractivity contribution >= 4 is 40.6 Å². The molecule has 24 heavy (non-hydrogen) atoms. The van der Waals surface area contributed by atoms with Gasteiger partial charge in [0.05, 0.1) is 5.57 Å². The van der Waals surface area contributed by atoms with Crippen LogP contribution in [0.1, 0.15) is 5.56 Å². The zero-order valence-electron chi connectivity index (χ0n) is 12.2. The Morgan fingerprint density at radius 1 is 1.08 bits per heavy atom. The molecule has 0 saturated carbocycles. The quantitative estimate of drug-likeness (QED) is 0.570. The highest BCUT2D eigenvalue weighted by Crippen LogP contribution is 2.27. The van der Waals surface area contributed by atoms with Crippen LogP contribution in [0.4, 0.5) is 5.95 Å². The third-order valence-corrected chi connectivity index (χ3v) is 3.57. The van der Waals surface area contributed by atoms with Crippen molar-refractivity contribution in [2.45, 2.75) is 5.91 Å². The molecule has 0 aliphatic carbocycles. The zero-order chi connectivity index (χ0) is 17.2. The second-order valence-electron chi connectivity index (χ2n) is 4.79. The van der Waals surface area contributed by atoms with E-state index in [1.165, 1.54) is 12.4 Å². The van der Waals surface area contributed by atoms with Crippen LogP contribution in [-0.4, -0.2) is 21.7 Å². The third-order valence-electron chi connectivity index (χ3n) is 3.04. The lowest BCUT2D eigenvalue weighted by Gasteiger charge is -2.27. The van der Waals surface area contributed by atoms with E-state index in [0.29, 0.717) is 10.6 Å². The Balaban J connectivity index is 1.89. The van der Waals surface area contributed by atoms with Crippen molar-refractivity contribution in [3.8, 4) is 0 Å². The first-order valence-electron chi connectivity index (χ1n) is 6.75. The number of rotatable bonds is 3. The molecule has 1 aromatic heterocycles. The van der Waals surface area contributed by atoms with E-state index in [-0.39, 0.29) is 16.9 Å². The first kappa shape index (κ1) is 16.3. The van der Waals surface area contributed by atoms with E-state index in [2.05, 4.69) is 30.5 Å². The molecule has 2 heterocycles. The highest BCUT2D eigenvalue weighted by atomic mass is 35.5. The number of amidine groups is 1. The Morgan fingerprint density at radius 2 is 1.75 bits per heavy atom. The van der Waals surface area contributed by atoms with Crippen LogP contribution in [0, 0.1) is 0 Å². The fraction of sp³-hybridized carbons (Fsp3) is 0.0714. The van der Waals surface area contributed by atoms with Crippen LogP contribution in [0.2, 0.25) is 5.02 Å². The summed E-state index contributed by atoms with van der Waals surface area (Å²) < 4.78 is 0. The van der Waals surface area contributed by atoms with E-state index in [1.807, 2.05) is 0 Å². The van der Waals surface area contributed by atoms with E-state index >= 15 is 0 Å². The molecule has 0 amide bonds. The maximum atomic E-state index is 6.28. The molecule has 0 bridgehead atoms. The summed E-state index contributed by atoms with van der Waals surface area (Å²) in [6, 6.07) is 8.64. The second kappa shape index (κ2) is 6.52. The van der Waals surface area contributed by atoms with Gasteiger partial charge in [-0.05, 0) is 23.8 Å². The molecule has 3 rings (SSSR count). The van der Waals surface area contributed by atoms with Crippen LogP contribution >= 0.6 is 23.2 Å². The molecule has 1 aliphatic rings. The van der Waals surface area contributed by atoms with Gasteiger partial charge in [-0.1, -0.05) is 35.3 Å². The highest BCUT2D eigenvalue weighted by Gasteiger charge is 2.32. The molecule has 1 atom stereocenters. The van der Waals surface area contributed by atoms with Gasteiger partial charge in [-0.3, -0.25) is 5.73 Å². The topological polar surface area (TPSA) is 127 Å². The van der Waals surface area contributed by atoms with Crippen LogP contribution in [0.5, 0.6) is 0 Å². The van der Waals surface area contributed by atoms with Gasteiger partial charge in [-0.15, -0.1) is 10.2 Å². The maximum Gasteiger partial charge on any atom is 0.305 e. The first-order chi connectivity index (χ1) is 11.5. The normalized spacial score (nSPS) is 20.9. The summed E-state index contributed by atoms with van der Waals surface area (Å²) in [4.78, 5) is 12.0. The van der Waals surface area contributed by atoms with Gasteiger partial charge < -0.3 is 11.1 Å². The molecule has 0 radical (unpaired) electrons. The first-order valence-corrected chi connectivity index (χ1v) is 7.51. The predicted octanol–water partition coefficient (Wildman–Crippen LogP) is 2.35. The predicted molar refractivity (Wildman–Crippen MR) is 92.4 cm³/mol. The number of nitrogens with two attached hydrogens (primary N) is 2. The monoisotopic (exact) mass is 362 g/mol. The number of halogens is 2. The van der Waals surface area contributed by atoms with Crippen molar-refractivity contribution in [3.63, 3.8) is 0 Å². The van der Waals surface area contributed by atoms with Crippen molar-refractivity contribution in [2.24, 2.45) is 26.7 Å². The standard InChI is InChI=1S/C14H12Cl2N8/c15-9-4-2-8(3-5-9)10-11(16)21-14(18,22-12(10)17)24-23-13-19-6-1-7-20-13/h1-7,21H,18H2,(H2,17,22). The summed E-state index contributed by atoms with van der Waals surface area (Å²) in [6.07, 6.45) is 3.06. The number of nitrogens with zero attached hydrogens (tertiary/aromatic N) is 5. The van der Waals surface area contributed by atoms with Crippen molar-refractivity contribution < 1.29 is 0 Å². The lowest BCUT2D eigenvalue weighted by atomic mass is 10.1. The molecule has 0 saturated heterocycles.